The van der Waals surface area contributed by atoms with Crippen molar-refractivity contribution in [3.05, 3.63) is 47.3 Å². The molecule has 120 valence electrons. The number of allylic oxidation sites excluding steroid dienone is 2. The monoisotopic (exact) mass is 310 g/mol. The van der Waals surface area contributed by atoms with E-state index in [4.69, 9.17) is 10.5 Å². The summed E-state index contributed by atoms with van der Waals surface area (Å²) in [6.07, 6.45) is 10.5. The number of nitriles is 2. The van der Waals surface area contributed by atoms with Gasteiger partial charge < -0.3 is 0 Å². The Bertz CT molecular complexity index is 596. The van der Waals surface area contributed by atoms with Gasteiger partial charge in [-0.25, -0.2) is 0 Å². The van der Waals surface area contributed by atoms with Crippen LogP contribution in [0.4, 0.5) is 4.39 Å². The fourth-order valence-corrected chi connectivity index (χ4v) is 3.40. The van der Waals surface area contributed by atoms with E-state index in [0.717, 1.165) is 38.0 Å². The number of aryl methyl sites for hydroxylation is 1. The van der Waals surface area contributed by atoms with Crippen LogP contribution in [-0.2, 0) is 6.42 Å². The Morgan fingerprint density at radius 1 is 1.09 bits per heavy atom. The molecule has 3 heteroatoms. The van der Waals surface area contributed by atoms with Crippen molar-refractivity contribution in [2.45, 2.75) is 51.4 Å². The highest BCUT2D eigenvalue weighted by atomic mass is 19.1. The molecule has 0 spiro atoms. The third-order valence-electron chi connectivity index (χ3n) is 4.79. The fraction of sp³-hybridized carbons (Fsp3) is 0.500. The van der Waals surface area contributed by atoms with Crippen molar-refractivity contribution in [2.24, 2.45) is 11.8 Å². The zero-order valence-corrected chi connectivity index (χ0v) is 13.5. The molecule has 0 atom stereocenters. The molecule has 0 unspecified atom stereocenters. The van der Waals surface area contributed by atoms with Crippen LogP contribution in [0.5, 0.6) is 0 Å². The Morgan fingerprint density at radius 2 is 1.78 bits per heavy atom. The summed E-state index contributed by atoms with van der Waals surface area (Å²) in [6.45, 7) is 0. The number of benzene rings is 1. The highest BCUT2D eigenvalue weighted by Gasteiger charge is 2.20. The summed E-state index contributed by atoms with van der Waals surface area (Å²) in [5, 5.41) is 17.3. The minimum absolute atomic E-state index is 0.254. The van der Waals surface area contributed by atoms with E-state index < -0.39 is 5.83 Å². The quantitative estimate of drug-likeness (QED) is 0.518. The zero-order valence-electron chi connectivity index (χ0n) is 13.5. The van der Waals surface area contributed by atoms with Gasteiger partial charge in [-0.05, 0) is 74.1 Å². The topological polar surface area (TPSA) is 47.6 Å². The second-order valence-corrected chi connectivity index (χ2v) is 6.46. The standard InChI is InChI=1S/C20H23FN2/c21-20(15-23)13-18-9-5-16(6-10-18)3-1-2-4-17-7-11-19(14-22)12-8-17/h7-8,11-13,16,18H,1-6,9-10H2/t16-,18-. The summed E-state index contributed by atoms with van der Waals surface area (Å²) >= 11 is 0. The first-order valence-corrected chi connectivity index (χ1v) is 8.47. The predicted molar refractivity (Wildman–Crippen MR) is 89.0 cm³/mol. The second-order valence-electron chi connectivity index (χ2n) is 6.46. The Morgan fingerprint density at radius 3 is 2.39 bits per heavy atom. The van der Waals surface area contributed by atoms with E-state index in [1.54, 1.807) is 6.07 Å². The summed E-state index contributed by atoms with van der Waals surface area (Å²) in [4.78, 5) is 0. The summed E-state index contributed by atoms with van der Waals surface area (Å²) < 4.78 is 13.0. The number of nitrogens with zero attached hydrogens (tertiary/aromatic N) is 2. The summed E-state index contributed by atoms with van der Waals surface area (Å²) in [6, 6.07) is 11.5. The first-order valence-electron chi connectivity index (χ1n) is 8.47. The number of hydrogen-bond donors (Lipinski definition) is 0. The van der Waals surface area contributed by atoms with E-state index in [1.807, 2.05) is 24.3 Å². The van der Waals surface area contributed by atoms with Crippen molar-refractivity contribution in [1.82, 2.24) is 0 Å². The smallest absolute Gasteiger partial charge is 0.195 e. The van der Waals surface area contributed by atoms with Gasteiger partial charge in [0.05, 0.1) is 11.6 Å². The molecule has 1 aliphatic carbocycles. The van der Waals surface area contributed by atoms with Crippen molar-refractivity contribution >= 4 is 0 Å². The molecular weight excluding hydrogens is 287 g/mol. The molecule has 0 radical (unpaired) electrons. The maximum Gasteiger partial charge on any atom is 0.196 e. The summed E-state index contributed by atoms with van der Waals surface area (Å²) in [5.74, 6) is 0.381. The minimum atomic E-state index is -0.629. The first kappa shape index (κ1) is 17.2. The zero-order chi connectivity index (χ0) is 16.5. The highest BCUT2D eigenvalue weighted by Crippen LogP contribution is 2.33. The summed E-state index contributed by atoms with van der Waals surface area (Å²) in [7, 11) is 0. The van der Waals surface area contributed by atoms with Crippen LogP contribution < -0.4 is 0 Å². The van der Waals surface area contributed by atoms with Crippen LogP contribution in [0, 0.1) is 34.5 Å². The molecular formula is C20H23FN2. The molecule has 0 bridgehead atoms. The average molecular weight is 310 g/mol. The van der Waals surface area contributed by atoms with E-state index >= 15 is 0 Å². The molecule has 0 aromatic heterocycles. The Kier molecular flexibility index (Phi) is 6.82. The molecule has 1 fully saturated rings. The SMILES string of the molecule is N#CC(F)=C[C@H]1CC[C@H](CCCCc2ccc(C#N)cc2)CC1. The van der Waals surface area contributed by atoms with E-state index in [2.05, 4.69) is 6.07 Å². The molecule has 0 heterocycles. The van der Waals surface area contributed by atoms with Gasteiger partial charge >= 0.3 is 0 Å². The highest BCUT2D eigenvalue weighted by molar-refractivity contribution is 5.31. The van der Waals surface area contributed by atoms with Crippen LogP contribution >= 0.6 is 0 Å². The van der Waals surface area contributed by atoms with Crippen LogP contribution in [0.3, 0.4) is 0 Å². The van der Waals surface area contributed by atoms with Gasteiger partial charge in [0.15, 0.2) is 5.83 Å². The minimum Gasteiger partial charge on any atom is -0.195 e. The van der Waals surface area contributed by atoms with Crippen molar-refractivity contribution in [3.63, 3.8) is 0 Å². The van der Waals surface area contributed by atoms with Gasteiger partial charge in [0.1, 0.15) is 6.07 Å². The van der Waals surface area contributed by atoms with Crippen LogP contribution in [0.25, 0.3) is 0 Å². The summed E-state index contributed by atoms with van der Waals surface area (Å²) in [5.41, 5.74) is 2.01. The van der Waals surface area contributed by atoms with E-state index in [9.17, 15) is 4.39 Å². The molecule has 23 heavy (non-hydrogen) atoms. The Balaban J connectivity index is 1.62. The van der Waals surface area contributed by atoms with Gasteiger partial charge in [0, 0.05) is 0 Å². The Labute approximate surface area is 138 Å². The lowest BCUT2D eigenvalue weighted by Crippen LogP contribution is -2.13. The maximum absolute atomic E-state index is 13.0. The second kappa shape index (κ2) is 9.11. The molecule has 1 aromatic rings. The van der Waals surface area contributed by atoms with Crippen LogP contribution in [-0.4, -0.2) is 0 Å². The van der Waals surface area contributed by atoms with Crippen LogP contribution in [0.1, 0.15) is 56.1 Å². The molecule has 0 N–H and O–H groups in total. The number of hydrogen-bond acceptors (Lipinski definition) is 2. The van der Waals surface area contributed by atoms with Gasteiger partial charge in [-0.3, -0.25) is 0 Å². The largest absolute Gasteiger partial charge is 0.196 e. The van der Waals surface area contributed by atoms with Crippen molar-refractivity contribution < 1.29 is 4.39 Å². The third kappa shape index (κ3) is 5.87. The molecule has 1 aromatic carbocycles. The van der Waals surface area contributed by atoms with Crippen LogP contribution in [0.2, 0.25) is 0 Å². The van der Waals surface area contributed by atoms with Crippen LogP contribution in [0.15, 0.2) is 36.2 Å². The van der Waals surface area contributed by atoms with Gasteiger partial charge in [0.25, 0.3) is 0 Å². The normalized spacial score (nSPS) is 21.4. The number of unbranched alkanes of at least 4 members (excludes halogenated alkanes) is 1. The lowest BCUT2D eigenvalue weighted by atomic mass is 9.79. The van der Waals surface area contributed by atoms with Crippen molar-refractivity contribution in [2.75, 3.05) is 0 Å². The number of halogens is 1. The Hall–Kier alpha value is -2.13. The molecule has 0 amide bonds. The van der Waals surface area contributed by atoms with Gasteiger partial charge in [-0.2, -0.15) is 14.9 Å². The molecule has 0 aliphatic heterocycles. The van der Waals surface area contributed by atoms with Gasteiger partial charge in [0.2, 0.25) is 0 Å². The van der Waals surface area contributed by atoms with Crippen molar-refractivity contribution in [1.29, 1.82) is 10.5 Å². The third-order valence-corrected chi connectivity index (χ3v) is 4.79. The average Bonchev–Trinajstić information content (AvgIpc) is 2.60. The van der Waals surface area contributed by atoms with E-state index in [-0.39, 0.29) is 5.92 Å². The molecule has 1 aliphatic rings. The molecule has 1 saturated carbocycles. The predicted octanol–water partition coefficient (Wildman–Crippen LogP) is 5.45. The lowest BCUT2D eigenvalue weighted by Gasteiger charge is -2.26. The van der Waals surface area contributed by atoms with E-state index in [1.165, 1.54) is 30.9 Å². The molecule has 0 saturated heterocycles. The lowest BCUT2D eigenvalue weighted by molar-refractivity contribution is 0.288. The fourth-order valence-electron chi connectivity index (χ4n) is 3.40. The van der Waals surface area contributed by atoms with Gasteiger partial charge in [-0.1, -0.05) is 25.0 Å². The van der Waals surface area contributed by atoms with Gasteiger partial charge in [-0.15, -0.1) is 0 Å². The van der Waals surface area contributed by atoms with Crippen molar-refractivity contribution in [3.8, 4) is 12.1 Å². The first-order chi connectivity index (χ1) is 11.2. The molecule has 2 rings (SSSR count). The van der Waals surface area contributed by atoms with E-state index in [0.29, 0.717) is 5.56 Å². The maximum atomic E-state index is 13.0. The number of rotatable bonds is 6. The molecule has 2 nitrogen and oxygen atoms in total.